The Morgan fingerprint density at radius 1 is 0.977 bits per heavy atom. The number of carbonyl (C=O) groups is 1. The minimum Gasteiger partial charge on any atom is -0.439 e. The minimum atomic E-state index is -3.34. The summed E-state index contributed by atoms with van der Waals surface area (Å²) in [6.45, 7) is 2.47. The van der Waals surface area contributed by atoms with Gasteiger partial charge in [0.1, 0.15) is 11.6 Å². The maximum atomic E-state index is 13.3. The fraction of sp³-hybridized carbons (Fsp3) is 0.226. The number of halogens is 1. The SMILES string of the molecule is CS(=O)(=O)Nc1ccc(Oc2ccc(CN3CCC(N(SC(=O)Nc4ccc(F)cc4)c4ccccc4)CC3)cn2)cc1. The van der Waals surface area contributed by atoms with Gasteiger partial charge >= 0.3 is 5.24 Å². The summed E-state index contributed by atoms with van der Waals surface area (Å²) in [7, 11) is -3.34. The number of aromatic nitrogens is 1. The smallest absolute Gasteiger partial charge is 0.304 e. The van der Waals surface area contributed by atoms with E-state index in [0.29, 0.717) is 23.0 Å². The van der Waals surface area contributed by atoms with Gasteiger partial charge < -0.3 is 14.4 Å². The Labute approximate surface area is 255 Å². The third kappa shape index (κ3) is 9.18. The van der Waals surface area contributed by atoms with Crippen LogP contribution < -0.4 is 19.1 Å². The number of amides is 1. The molecular weight excluding hydrogens is 590 g/mol. The van der Waals surface area contributed by atoms with Crippen molar-refractivity contribution in [1.82, 2.24) is 9.88 Å². The zero-order valence-electron chi connectivity index (χ0n) is 23.5. The van der Waals surface area contributed by atoms with Gasteiger partial charge in [-0.3, -0.25) is 14.4 Å². The molecule has 1 aliphatic heterocycles. The first-order chi connectivity index (χ1) is 20.7. The highest BCUT2D eigenvalue weighted by Crippen LogP contribution is 2.32. The highest BCUT2D eigenvalue weighted by Gasteiger charge is 2.27. The zero-order valence-corrected chi connectivity index (χ0v) is 25.2. The van der Waals surface area contributed by atoms with Crippen LogP contribution in [-0.4, -0.2) is 48.9 Å². The number of likely N-dealkylation sites (tertiary alicyclic amines) is 1. The van der Waals surface area contributed by atoms with Gasteiger partial charge in [0.25, 0.3) is 0 Å². The van der Waals surface area contributed by atoms with Crippen molar-refractivity contribution in [3.05, 3.63) is 109 Å². The van der Waals surface area contributed by atoms with Crippen molar-refractivity contribution in [3.63, 3.8) is 0 Å². The lowest BCUT2D eigenvalue weighted by Crippen LogP contribution is -2.42. The molecule has 0 saturated carbocycles. The van der Waals surface area contributed by atoms with Crippen LogP contribution in [0.25, 0.3) is 0 Å². The second-order valence-corrected chi connectivity index (χ2v) is 12.9. The Bertz CT molecular complexity index is 1600. The molecule has 3 aromatic carbocycles. The first kappa shape index (κ1) is 30.3. The van der Waals surface area contributed by atoms with Crippen molar-refractivity contribution in [2.75, 3.05) is 33.7 Å². The van der Waals surface area contributed by atoms with Gasteiger partial charge in [-0.2, -0.15) is 0 Å². The molecule has 1 amide bonds. The Kier molecular flexibility index (Phi) is 9.80. The largest absolute Gasteiger partial charge is 0.439 e. The summed E-state index contributed by atoms with van der Waals surface area (Å²) < 4.78 is 46.3. The number of nitrogens with one attached hydrogen (secondary N) is 2. The van der Waals surface area contributed by atoms with Gasteiger partial charge in [0, 0.05) is 55.0 Å². The molecule has 0 aliphatic carbocycles. The van der Waals surface area contributed by atoms with Gasteiger partial charge in [-0.1, -0.05) is 24.3 Å². The average molecular weight is 622 g/mol. The fourth-order valence-electron chi connectivity index (χ4n) is 4.74. The molecule has 0 atom stereocenters. The van der Waals surface area contributed by atoms with Crippen LogP contribution in [0.4, 0.5) is 26.2 Å². The third-order valence-corrected chi connectivity index (χ3v) is 8.34. The summed E-state index contributed by atoms with van der Waals surface area (Å²) in [5.74, 6) is 0.645. The van der Waals surface area contributed by atoms with Crippen molar-refractivity contribution in [1.29, 1.82) is 0 Å². The molecule has 2 N–H and O–H groups in total. The molecule has 0 spiro atoms. The second-order valence-electron chi connectivity index (χ2n) is 10.2. The molecule has 4 aromatic rings. The van der Waals surface area contributed by atoms with Crippen molar-refractivity contribution < 1.29 is 22.3 Å². The standard InChI is InChI=1S/C31H32FN5O4S2/c1-43(39,40)35-26-12-14-29(15-13-26)41-30-16-7-23(21-33-30)22-36-19-17-28(18-20-36)37(27-5-3-2-4-6-27)42-31(38)34-25-10-8-24(32)9-11-25/h2-16,21,28,35H,17-20,22H2,1H3,(H,34,38). The van der Waals surface area contributed by atoms with Crippen molar-refractivity contribution in [2.24, 2.45) is 0 Å². The van der Waals surface area contributed by atoms with E-state index in [1.165, 1.54) is 12.1 Å². The number of ether oxygens (including phenoxy) is 1. The number of piperidine rings is 1. The number of para-hydroxylation sites is 1. The summed E-state index contributed by atoms with van der Waals surface area (Å²) in [6, 6.07) is 26.2. The van der Waals surface area contributed by atoms with Gasteiger partial charge in [-0.15, -0.1) is 0 Å². The van der Waals surface area contributed by atoms with Gasteiger partial charge in [0.2, 0.25) is 15.9 Å². The monoisotopic (exact) mass is 621 g/mol. The Morgan fingerprint density at radius 2 is 1.65 bits per heavy atom. The number of sulfonamides is 1. The molecule has 1 saturated heterocycles. The first-order valence-corrected chi connectivity index (χ1v) is 16.4. The Balaban J connectivity index is 1.14. The molecule has 0 unspecified atom stereocenters. The topological polar surface area (TPSA) is 104 Å². The second kappa shape index (κ2) is 13.9. The number of pyridine rings is 1. The number of hydrogen-bond donors (Lipinski definition) is 2. The number of carbonyl (C=O) groups excluding carboxylic acids is 1. The van der Waals surface area contributed by atoms with E-state index < -0.39 is 10.0 Å². The maximum absolute atomic E-state index is 13.3. The summed E-state index contributed by atoms with van der Waals surface area (Å²) in [5.41, 5.74) is 3.03. The van der Waals surface area contributed by atoms with Gasteiger partial charge in [0.15, 0.2) is 0 Å². The maximum Gasteiger partial charge on any atom is 0.304 e. The number of hydrogen-bond acceptors (Lipinski definition) is 8. The Hall–Kier alpha value is -4.13. The van der Waals surface area contributed by atoms with Gasteiger partial charge in [-0.25, -0.2) is 17.8 Å². The van der Waals surface area contributed by atoms with Crippen molar-refractivity contribution in [3.8, 4) is 11.6 Å². The van der Waals surface area contributed by atoms with Crippen LogP contribution in [0, 0.1) is 5.82 Å². The predicted octanol–water partition coefficient (Wildman–Crippen LogP) is 6.74. The number of nitrogens with zero attached hydrogens (tertiary/aromatic N) is 3. The van der Waals surface area contributed by atoms with Crippen LogP contribution in [0.5, 0.6) is 11.6 Å². The van der Waals surface area contributed by atoms with Crippen LogP contribution in [0.2, 0.25) is 0 Å². The summed E-state index contributed by atoms with van der Waals surface area (Å²) >= 11 is 1.13. The first-order valence-electron chi connectivity index (χ1n) is 13.7. The van der Waals surface area contributed by atoms with Crippen LogP contribution in [0.1, 0.15) is 18.4 Å². The molecule has 0 bridgehead atoms. The van der Waals surface area contributed by atoms with E-state index in [1.807, 2.05) is 42.5 Å². The summed E-state index contributed by atoms with van der Waals surface area (Å²) in [5, 5.41) is 2.61. The van der Waals surface area contributed by atoms with E-state index >= 15 is 0 Å². The molecule has 2 heterocycles. The lowest BCUT2D eigenvalue weighted by Gasteiger charge is -2.38. The van der Waals surface area contributed by atoms with Crippen LogP contribution in [0.3, 0.4) is 0 Å². The Morgan fingerprint density at radius 3 is 2.28 bits per heavy atom. The molecule has 1 fully saturated rings. The molecule has 0 radical (unpaired) electrons. The van der Waals surface area contributed by atoms with Crippen molar-refractivity contribution in [2.45, 2.75) is 25.4 Å². The van der Waals surface area contributed by atoms with Crippen LogP contribution >= 0.6 is 11.9 Å². The molecule has 12 heteroatoms. The van der Waals surface area contributed by atoms with E-state index in [-0.39, 0.29) is 17.1 Å². The van der Waals surface area contributed by atoms with Crippen LogP contribution in [0.15, 0.2) is 97.2 Å². The fourth-order valence-corrected chi connectivity index (χ4v) is 6.23. The molecule has 1 aromatic heterocycles. The zero-order chi connectivity index (χ0) is 30.2. The van der Waals surface area contributed by atoms with E-state index in [9.17, 15) is 17.6 Å². The highest BCUT2D eigenvalue weighted by molar-refractivity contribution is 8.15. The van der Waals surface area contributed by atoms with E-state index in [1.54, 1.807) is 42.6 Å². The number of anilines is 3. The van der Waals surface area contributed by atoms with E-state index in [4.69, 9.17) is 4.74 Å². The number of rotatable bonds is 10. The van der Waals surface area contributed by atoms with Crippen molar-refractivity contribution >= 4 is 44.3 Å². The number of benzene rings is 3. The average Bonchev–Trinajstić information content (AvgIpc) is 2.99. The van der Waals surface area contributed by atoms with E-state index in [2.05, 4.69) is 24.2 Å². The third-order valence-electron chi connectivity index (χ3n) is 6.76. The lowest BCUT2D eigenvalue weighted by atomic mass is 10.0. The summed E-state index contributed by atoms with van der Waals surface area (Å²) in [4.78, 5) is 19.7. The quantitative estimate of drug-likeness (QED) is 0.188. The highest BCUT2D eigenvalue weighted by atomic mass is 32.2. The molecule has 9 nitrogen and oxygen atoms in total. The van der Waals surface area contributed by atoms with Gasteiger partial charge in [0.05, 0.1) is 18.2 Å². The normalized spacial score (nSPS) is 14.2. The molecule has 224 valence electrons. The summed E-state index contributed by atoms with van der Waals surface area (Å²) in [6.07, 6.45) is 4.66. The lowest BCUT2D eigenvalue weighted by molar-refractivity contribution is 0.207. The molecular formula is C31H32FN5O4S2. The van der Waals surface area contributed by atoms with E-state index in [0.717, 1.165) is 61.9 Å². The van der Waals surface area contributed by atoms with Gasteiger partial charge in [-0.05, 0) is 79.1 Å². The molecule has 1 aliphatic rings. The minimum absolute atomic E-state index is 0.163. The van der Waals surface area contributed by atoms with Crippen LogP contribution in [-0.2, 0) is 16.6 Å². The predicted molar refractivity (Wildman–Crippen MR) is 169 cm³/mol. The molecule has 43 heavy (non-hydrogen) atoms. The molecule has 5 rings (SSSR count).